The molecule has 0 heterocycles. The van der Waals surface area contributed by atoms with Crippen molar-refractivity contribution in [2.45, 2.75) is 38.1 Å². The van der Waals surface area contributed by atoms with E-state index in [1.807, 2.05) is 6.07 Å². The number of hydrogen-bond donors (Lipinski definition) is 1. The van der Waals surface area contributed by atoms with Crippen LogP contribution in [0.25, 0.3) is 0 Å². The quantitative estimate of drug-likeness (QED) is 0.846. The zero-order valence-corrected chi connectivity index (χ0v) is 12.1. The molecule has 0 aliphatic heterocycles. The van der Waals surface area contributed by atoms with Crippen LogP contribution in [0.1, 0.15) is 43.7 Å². The molecule has 2 rings (SSSR count). The van der Waals surface area contributed by atoms with Gasteiger partial charge in [0.1, 0.15) is 5.82 Å². The Balaban J connectivity index is 0.00000144. The zero-order chi connectivity index (χ0) is 11.5. The van der Waals surface area contributed by atoms with Crippen molar-refractivity contribution in [1.82, 2.24) is 0 Å². The molecule has 2 N–H and O–H groups in total. The van der Waals surface area contributed by atoms with Gasteiger partial charge in [-0.05, 0) is 42.5 Å². The van der Waals surface area contributed by atoms with Crippen molar-refractivity contribution in [1.29, 1.82) is 0 Å². The van der Waals surface area contributed by atoms with Crippen molar-refractivity contribution in [3.63, 3.8) is 0 Å². The van der Waals surface area contributed by atoms with Crippen LogP contribution in [0.15, 0.2) is 22.7 Å². The molecule has 1 nitrogen and oxygen atoms in total. The molecule has 0 amide bonds. The maximum atomic E-state index is 13.3. The molecule has 0 aromatic heterocycles. The van der Waals surface area contributed by atoms with Crippen LogP contribution in [0.3, 0.4) is 0 Å². The zero-order valence-electron chi connectivity index (χ0n) is 9.66. The van der Waals surface area contributed by atoms with Gasteiger partial charge in [0.2, 0.25) is 0 Å². The number of halogens is 3. The fraction of sp³-hybridized carbons (Fsp3) is 0.538. The van der Waals surface area contributed by atoms with E-state index in [2.05, 4.69) is 15.9 Å². The van der Waals surface area contributed by atoms with Crippen molar-refractivity contribution >= 4 is 28.3 Å². The third-order valence-corrected chi connectivity index (χ3v) is 3.89. The highest BCUT2D eigenvalue weighted by Crippen LogP contribution is 2.33. The lowest BCUT2D eigenvalue weighted by molar-refractivity contribution is 0.308. The summed E-state index contributed by atoms with van der Waals surface area (Å²) in [6.07, 6.45) is 6.18. The van der Waals surface area contributed by atoms with Crippen molar-refractivity contribution < 1.29 is 4.39 Å². The fourth-order valence-corrected chi connectivity index (χ4v) is 3.02. The summed E-state index contributed by atoms with van der Waals surface area (Å²) >= 11 is 3.31. The van der Waals surface area contributed by atoms with Gasteiger partial charge in [-0.15, -0.1) is 12.4 Å². The lowest BCUT2D eigenvalue weighted by Crippen LogP contribution is -2.23. The van der Waals surface area contributed by atoms with Gasteiger partial charge in [0.25, 0.3) is 0 Å². The second kappa shape index (κ2) is 6.72. The molecule has 0 saturated heterocycles. The fourth-order valence-electron chi connectivity index (χ4n) is 2.53. The van der Waals surface area contributed by atoms with E-state index in [4.69, 9.17) is 5.73 Å². The molecule has 1 aliphatic rings. The van der Waals surface area contributed by atoms with Crippen molar-refractivity contribution in [3.05, 3.63) is 34.1 Å². The number of rotatable bonds is 2. The summed E-state index contributed by atoms with van der Waals surface area (Å²) in [4.78, 5) is 0. The Morgan fingerprint density at radius 1 is 1.18 bits per heavy atom. The van der Waals surface area contributed by atoms with Gasteiger partial charge < -0.3 is 5.73 Å². The number of hydrogen-bond acceptors (Lipinski definition) is 1. The van der Waals surface area contributed by atoms with Crippen LogP contribution in [-0.4, -0.2) is 0 Å². The highest BCUT2D eigenvalue weighted by molar-refractivity contribution is 9.10. The van der Waals surface area contributed by atoms with Gasteiger partial charge in [0, 0.05) is 10.5 Å². The third-order valence-electron chi connectivity index (χ3n) is 3.43. The molecule has 0 spiro atoms. The highest BCUT2D eigenvalue weighted by atomic mass is 79.9. The van der Waals surface area contributed by atoms with Crippen LogP contribution in [0.5, 0.6) is 0 Å². The molecule has 1 atom stereocenters. The van der Waals surface area contributed by atoms with Crippen LogP contribution in [-0.2, 0) is 0 Å². The number of benzene rings is 1. The summed E-state index contributed by atoms with van der Waals surface area (Å²) in [6, 6.07) is 4.94. The molecule has 1 fully saturated rings. The summed E-state index contributed by atoms with van der Waals surface area (Å²) in [5.74, 6) is 0.304. The topological polar surface area (TPSA) is 26.0 Å². The molecule has 0 bridgehead atoms. The number of nitrogens with two attached hydrogens (primary N) is 1. The van der Waals surface area contributed by atoms with Gasteiger partial charge >= 0.3 is 0 Å². The van der Waals surface area contributed by atoms with E-state index in [-0.39, 0.29) is 24.3 Å². The van der Waals surface area contributed by atoms with E-state index in [1.165, 1.54) is 38.2 Å². The Kier molecular flexibility index (Phi) is 5.90. The van der Waals surface area contributed by atoms with Crippen LogP contribution in [0.4, 0.5) is 4.39 Å². The molecule has 17 heavy (non-hydrogen) atoms. The molecule has 4 heteroatoms. The Bertz CT molecular complexity index is 346. The Labute approximate surface area is 117 Å². The standard InChI is InChI=1S/C13H17BrFN.ClH/c14-11-6-10(7-12(15)8-11)13(16)9-4-2-1-3-5-9;/h6-9,13H,1-5,16H2;1H/t13-;/m1./s1. The molecule has 1 aromatic carbocycles. The van der Waals surface area contributed by atoms with E-state index in [1.54, 1.807) is 6.07 Å². The average Bonchev–Trinajstić information content (AvgIpc) is 2.28. The predicted octanol–water partition coefficient (Wildman–Crippen LogP) is 4.59. The van der Waals surface area contributed by atoms with E-state index >= 15 is 0 Å². The van der Waals surface area contributed by atoms with Gasteiger partial charge in [-0.3, -0.25) is 0 Å². The summed E-state index contributed by atoms with van der Waals surface area (Å²) in [5, 5.41) is 0. The normalized spacial score (nSPS) is 18.5. The van der Waals surface area contributed by atoms with Gasteiger partial charge in [0.15, 0.2) is 0 Å². The molecular weight excluding hydrogens is 305 g/mol. The second-order valence-electron chi connectivity index (χ2n) is 4.63. The van der Waals surface area contributed by atoms with Crippen molar-refractivity contribution in [3.8, 4) is 0 Å². The minimum absolute atomic E-state index is 0. The maximum absolute atomic E-state index is 13.3. The second-order valence-corrected chi connectivity index (χ2v) is 5.54. The summed E-state index contributed by atoms with van der Waals surface area (Å²) in [5.41, 5.74) is 7.14. The minimum atomic E-state index is -0.212. The van der Waals surface area contributed by atoms with E-state index < -0.39 is 0 Å². The van der Waals surface area contributed by atoms with Crippen LogP contribution in [0, 0.1) is 11.7 Å². The van der Waals surface area contributed by atoms with Crippen molar-refractivity contribution in [2.24, 2.45) is 11.7 Å². The summed E-state index contributed by atoms with van der Waals surface area (Å²) in [6.45, 7) is 0. The first-order chi connectivity index (χ1) is 7.66. The van der Waals surface area contributed by atoms with E-state index in [0.717, 1.165) is 10.0 Å². The van der Waals surface area contributed by atoms with Crippen LogP contribution >= 0.6 is 28.3 Å². The summed E-state index contributed by atoms with van der Waals surface area (Å²) < 4.78 is 14.0. The molecule has 1 aliphatic carbocycles. The van der Waals surface area contributed by atoms with Gasteiger partial charge in [-0.2, -0.15) is 0 Å². The van der Waals surface area contributed by atoms with E-state index in [0.29, 0.717) is 5.92 Å². The molecule has 1 saturated carbocycles. The SMILES string of the molecule is Cl.N[C@@H](c1cc(F)cc(Br)c1)C1CCCCC1. The monoisotopic (exact) mass is 321 g/mol. The first-order valence-corrected chi connectivity index (χ1v) is 6.67. The Hall–Kier alpha value is -0.120. The average molecular weight is 323 g/mol. The lowest BCUT2D eigenvalue weighted by Gasteiger charge is -2.27. The lowest BCUT2D eigenvalue weighted by atomic mass is 9.81. The minimum Gasteiger partial charge on any atom is -0.324 e. The molecule has 0 unspecified atom stereocenters. The first kappa shape index (κ1) is 14.9. The van der Waals surface area contributed by atoms with Gasteiger partial charge in [0.05, 0.1) is 0 Å². The third kappa shape index (κ3) is 3.94. The first-order valence-electron chi connectivity index (χ1n) is 5.88. The summed E-state index contributed by atoms with van der Waals surface area (Å²) in [7, 11) is 0. The van der Waals surface area contributed by atoms with E-state index in [9.17, 15) is 4.39 Å². The molecule has 1 aromatic rings. The van der Waals surface area contributed by atoms with Crippen LogP contribution in [0.2, 0.25) is 0 Å². The predicted molar refractivity (Wildman–Crippen MR) is 74.9 cm³/mol. The van der Waals surface area contributed by atoms with Crippen molar-refractivity contribution in [2.75, 3.05) is 0 Å². The molecular formula is C13H18BrClFN. The molecule has 0 radical (unpaired) electrons. The van der Waals surface area contributed by atoms with Crippen LogP contribution < -0.4 is 5.73 Å². The van der Waals surface area contributed by atoms with Gasteiger partial charge in [-0.25, -0.2) is 4.39 Å². The Morgan fingerprint density at radius 3 is 2.41 bits per heavy atom. The maximum Gasteiger partial charge on any atom is 0.124 e. The smallest absolute Gasteiger partial charge is 0.124 e. The largest absolute Gasteiger partial charge is 0.324 e. The highest BCUT2D eigenvalue weighted by Gasteiger charge is 2.22. The molecule has 96 valence electrons. The Morgan fingerprint density at radius 2 is 1.82 bits per heavy atom. The van der Waals surface area contributed by atoms with Gasteiger partial charge in [-0.1, -0.05) is 35.2 Å².